The number of nitrogens with two attached hydrogens (primary N) is 1. The van der Waals surface area contributed by atoms with Crippen LogP contribution in [0.2, 0.25) is 0 Å². The fourth-order valence-electron chi connectivity index (χ4n) is 1.64. The lowest BCUT2D eigenvalue weighted by atomic mass is 10.2. The van der Waals surface area contributed by atoms with E-state index in [9.17, 15) is 5.11 Å². The first-order valence-corrected chi connectivity index (χ1v) is 6.01. The first kappa shape index (κ1) is 9.95. The molecule has 1 unspecified atom stereocenters. The van der Waals surface area contributed by atoms with Gasteiger partial charge in [-0.2, -0.15) is 5.10 Å². The fraction of sp³-hybridized carbons (Fsp3) is 0.400. The number of fused-ring (bicyclic) bond motifs is 1. The monoisotopic (exact) mass is 236 g/mol. The van der Waals surface area contributed by atoms with Gasteiger partial charge in [-0.15, -0.1) is 16.4 Å². The van der Waals surface area contributed by atoms with Gasteiger partial charge in [0.1, 0.15) is 11.1 Å². The maximum Gasteiger partial charge on any atom is 0.148 e. The molecule has 0 saturated heterocycles. The third-order valence-corrected chi connectivity index (χ3v) is 3.83. The second-order valence-corrected chi connectivity index (χ2v) is 5.00. The van der Waals surface area contributed by atoms with E-state index in [1.807, 2.05) is 6.07 Å². The van der Waals surface area contributed by atoms with E-state index in [1.165, 1.54) is 11.3 Å². The van der Waals surface area contributed by atoms with Crippen LogP contribution in [0.1, 0.15) is 23.9 Å². The lowest BCUT2D eigenvalue weighted by Crippen LogP contribution is -2.22. The van der Waals surface area contributed by atoms with Crippen LogP contribution in [0.25, 0.3) is 10.2 Å². The van der Waals surface area contributed by atoms with E-state index in [0.717, 1.165) is 27.9 Å². The van der Waals surface area contributed by atoms with E-state index in [2.05, 4.69) is 15.5 Å². The van der Waals surface area contributed by atoms with Crippen LogP contribution in [0.4, 0.5) is 5.69 Å². The summed E-state index contributed by atoms with van der Waals surface area (Å²) in [4.78, 5) is 1.51. The highest BCUT2D eigenvalue weighted by Crippen LogP contribution is 2.36. The van der Waals surface area contributed by atoms with Gasteiger partial charge >= 0.3 is 0 Å². The van der Waals surface area contributed by atoms with Gasteiger partial charge in [0, 0.05) is 11.4 Å². The molecular formula is C10H12N4OS. The Morgan fingerprint density at radius 2 is 2.38 bits per heavy atom. The van der Waals surface area contributed by atoms with Crippen LogP contribution in [0.15, 0.2) is 12.3 Å². The molecule has 0 aromatic carbocycles. The van der Waals surface area contributed by atoms with Crippen LogP contribution < -0.4 is 11.1 Å². The van der Waals surface area contributed by atoms with Gasteiger partial charge in [-0.1, -0.05) is 0 Å². The molecular weight excluding hydrogens is 224 g/mol. The number of aromatic nitrogens is 2. The lowest BCUT2D eigenvalue weighted by molar-refractivity contribution is 0.141. The van der Waals surface area contributed by atoms with Crippen LogP contribution in [0.3, 0.4) is 0 Å². The molecule has 1 aliphatic rings. The van der Waals surface area contributed by atoms with E-state index in [4.69, 9.17) is 5.73 Å². The quantitative estimate of drug-likeness (QED) is 0.693. The minimum Gasteiger partial charge on any atom is -0.397 e. The number of aliphatic hydroxyl groups excluding tert-OH is 1. The number of thiophene rings is 1. The zero-order chi connectivity index (χ0) is 11.1. The van der Waals surface area contributed by atoms with Crippen molar-refractivity contribution >= 4 is 27.2 Å². The highest BCUT2D eigenvalue weighted by Gasteiger charge is 2.26. The van der Waals surface area contributed by atoms with Crippen LogP contribution in [-0.2, 0) is 0 Å². The molecule has 0 amide bonds. The zero-order valence-corrected chi connectivity index (χ0v) is 9.37. The molecule has 3 rings (SSSR count). The highest BCUT2D eigenvalue weighted by atomic mass is 32.1. The van der Waals surface area contributed by atoms with Crippen molar-refractivity contribution in [1.29, 1.82) is 0 Å². The molecule has 2 heterocycles. The topological polar surface area (TPSA) is 84.1 Å². The van der Waals surface area contributed by atoms with Gasteiger partial charge in [0.05, 0.1) is 16.8 Å². The Bertz CT molecular complexity index is 523. The zero-order valence-electron chi connectivity index (χ0n) is 8.55. The number of hydrogen-bond acceptors (Lipinski definition) is 6. The Hall–Kier alpha value is -1.24. The van der Waals surface area contributed by atoms with Crippen molar-refractivity contribution in [2.45, 2.75) is 25.1 Å². The summed E-state index contributed by atoms with van der Waals surface area (Å²) in [7, 11) is 0. The largest absolute Gasteiger partial charge is 0.397 e. The SMILES string of the molecule is Nc1c(C(O)NC2CC2)sc2nnccc12. The maximum atomic E-state index is 9.98. The van der Waals surface area contributed by atoms with Crippen molar-refractivity contribution in [3.8, 4) is 0 Å². The summed E-state index contributed by atoms with van der Waals surface area (Å²) in [6, 6.07) is 2.26. The Morgan fingerprint density at radius 3 is 3.06 bits per heavy atom. The Balaban J connectivity index is 1.98. The normalized spacial score (nSPS) is 17.8. The van der Waals surface area contributed by atoms with Gasteiger partial charge in [0.25, 0.3) is 0 Å². The first-order valence-electron chi connectivity index (χ1n) is 5.19. The molecule has 0 aliphatic heterocycles. The van der Waals surface area contributed by atoms with Crippen molar-refractivity contribution in [3.05, 3.63) is 17.1 Å². The van der Waals surface area contributed by atoms with Crippen molar-refractivity contribution < 1.29 is 5.11 Å². The molecule has 1 fully saturated rings. The molecule has 0 bridgehead atoms. The fourth-order valence-corrected chi connectivity index (χ4v) is 2.63. The van der Waals surface area contributed by atoms with E-state index in [0.29, 0.717) is 11.7 Å². The molecule has 0 radical (unpaired) electrons. The minimum atomic E-state index is -0.688. The predicted molar refractivity (Wildman–Crippen MR) is 62.9 cm³/mol. The molecule has 5 nitrogen and oxygen atoms in total. The number of nitrogens with zero attached hydrogens (tertiary/aromatic N) is 2. The molecule has 1 aliphatic carbocycles. The third kappa shape index (κ3) is 1.64. The van der Waals surface area contributed by atoms with Crippen LogP contribution >= 0.6 is 11.3 Å². The number of rotatable bonds is 3. The highest BCUT2D eigenvalue weighted by molar-refractivity contribution is 7.19. The molecule has 1 atom stereocenters. The van der Waals surface area contributed by atoms with Gasteiger partial charge in [0.2, 0.25) is 0 Å². The summed E-state index contributed by atoms with van der Waals surface area (Å²) in [6.07, 6.45) is 3.17. The summed E-state index contributed by atoms with van der Waals surface area (Å²) in [5.41, 5.74) is 6.59. The Morgan fingerprint density at radius 1 is 1.56 bits per heavy atom. The van der Waals surface area contributed by atoms with Gasteiger partial charge in [-0.3, -0.25) is 5.32 Å². The molecule has 1 saturated carbocycles. The summed E-state index contributed by atoms with van der Waals surface area (Å²) in [5.74, 6) is 0. The molecule has 84 valence electrons. The average Bonchev–Trinajstić information content (AvgIpc) is 3.03. The van der Waals surface area contributed by atoms with E-state index < -0.39 is 6.23 Å². The van der Waals surface area contributed by atoms with Crippen molar-refractivity contribution in [3.63, 3.8) is 0 Å². The van der Waals surface area contributed by atoms with Gasteiger partial charge in [0.15, 0.2) is 0 Å². The third-order valence-electron chi connectivity index (χ3n) is 2.67. The number of nitrogen functional groups attached to an aromatic ring is 1. The first-order chi connectivity index (χ1) is 7.75. The van der Waals surface area contributed by atoms with Crippen molar-refractivity contribution in [2.75, 3.05) is 5.73 Å². The van der Waals surface area contributed by atoms with E-state index in [-0.39, 0.29) is 0 Å². The smallest absolute Gasteiger partial charge is 0.148 e. The molecule has 6 heteroatoms. The van der Waals surface area contributed by atoms with E-state index in [1.54, 1.807) is 6.20 Å². The van der Waals surface area contributed by atoms with Gasteiger partial charge in [-0.25, -0.2) is 0 Å². The lowest BCUT2D eigenvalue weighted by Gasteiger charge is -2.10. The molecule has 2 aromatic rings. The van der Waals surface area contributed by atoms with Crippen LogP contribution in [0.5, 0.6) is 0 Å². The average molecular weight is 236 g/mol. The van der Waals surface area contributed by atoms with Crippen molar-refractivity contribution in [2.24, 2.45) is 0 Å². The Labute approximate surface area is 96.3 Å². The molecule has 2 aromatic heterocycles. The number of hydrogen-bond donors (Lipinski definition) is 3. The molecule has 0 spiro atoms. The van der Waals surface area contributed by atoms with E-state index >= 15 is 0 Å². The predicted octanol–water partition coefficient (Wildman–Crippen LogP) is 1.02. The standard InChI is InChI=1S/C10H12N4OS/c11-7-6-3-4-12-14-10(6)16-8(7)9(15)13-5-1-2-5/h3-5,9,13,15H,1-2,11H2. The number of nitrogens with one attached hydrogen (secondary N) is 1. The molecule has 4 N–H and O–H groups in total. The maximum absolute atomic E-state index is 9.98. The van der Waals surface area contributed by atoms with Crippen LogP contribution in [-0.4, -0.2) is 21.3 Å². The number of anilines is 1. The summed E-state index contributed by atoms with van der Waals surface area (Å²) < 4.78 is 0. The minimum absolute atomic E-state index is 0.436. The summed E-state index contributed by atoms with van der Waals surface area (Å²) in [6.45, 7) is 0. The van der Waals surface area contributed by atoms with Gasteiger partial charge in [-0.05, 0) is 18.9 Å². The van der Waals surface area contributed by atoms with Gasteiger partial charge < -0.3 is 10.8 Å². The van der Waals surface area contributed by atoms with Crippen LogP contribution in [0, 0.1) is 0 Å². The number of aliphatic hydroxyl groups is 1. The summed E-state index contributed by atoms with van der Waals surface area (Å²) in [5, 5.41) is 21.8. The second kappa shape index (κ2) is 3.65. The second-order valence-electron chi connectivity index (χ2n) is 3.97. The summed E-state index contributed by atoms with van der Waals surface area (Å²) >= 11 is 1.39. The molecule has 16 heavy (non-hydrogen) atoms. The van der Waals surface area contributed by atoms with Crippen molar-refractivity contribution in [1.82, 2.24) is 15.5 Å². The Kier molecular flexibility index (Phi) is 2.27.